The Morgan fingerprint density at radius 1 is 1.41 bits per heavy atom. The molecule has 8 heteroatoms. The highest BCUT2D eigenvalue weighted by Crippen LogP contribution is 2.26. The Morgan fingerprint density at radius 3 is 2.55 bits per heavy atom. The highest BCUT2D eigenvalue weighted by atomic mass is 35.5. The zero-order valence-electron chi connectivity index (χ0n) is 13.8. The van der Waals surface area contributed by atoms with Gasteiger partial charge in [-0.3, -0.25) is 5.43 Å². The van der Waals surface area contributed by atoms with Crippen LogP contribution in [0.4, 0.5) is 0 Å². The van der Waals surface area contributed by atoms with Crippen molar-refractivity contribution in [2.75, 3.05) is 13.6 Å². The predicted molar refractivity (Wildman–Crippen MR) is 94.6 cm³/mol. The van der Waals surface area contributed by atoms with Crippen LogP contribution in [-0.2, 0) is 10.0 Å². The molecular formula is C14H27ClN4O2S. The molecule has 0 bridgehead atoms. The Hall–Kier alpha value is -1.08. The van der Waals surface area contributed by atoms with E-state index in [1.54, 1.807) is 11.9 Å². The first-order chi connectivity index (χ1) is 10.3. The molecule has 0 aliphatic carbocycles. The molecule has 0 aliphatic rings. The summed E-state index contributed by atoms with van der Waals surface area (Å²) in [5.74, 6) is -0.0984. The number of rotatable bonds is 11. The highest BCUT2D eigenvalue weighted by Gasteiger charge is 2.23. The minimum Gasteiger partial charge on any atom is -0.365 e. The van der Waals surface area contributed by atoms with E-state index in [-0.39, 0.29) is 16.0 Å². The van der Waals surface area contributed by atoms with Crippen molar-refractivity contribution < 1.29 is 8.42 Å². The van der Waals surface area contributed by atoms with Crippen molar-refractivity contribution in [2.24, 2.45) is 15.4 Å². The van der Waals surface area contributed by atoms with Crippen LogP contribution in [0.2, 0.25) is 0 Å². The summed E-state index contributed by atoms with van der Waals surface area (Å²) in [4.78, 5) is 1.73. The van der Waals surface area contributed by atoms with E-state index in [0.29, 0.717) is 0 Å². The summed E-state index contributed by atoms with van der Waals surface area (Å²) in [5.41, 5.74) is 2.37. The summed E-state index contributed by atoms with van der Waals surface area (Å²) in [6.45, 7) is 9.93. The summed E-state index contributed by atoms with van der Waals surface area (Å²) >= 11 is 6.20. The molecule has 0 aromatic heterocycles. The van der Waals surface area contributed by atoms with E-state index in [9.17, 15) is 8.42 Å². The van der Waals surface area contributed by atoms with Crippen LogP contribution in [0.3, 0.4) is 0 Å². The monoisotopic (exact) mass is 350 g/mol. The normalized spacial score (nSPS) is 14.6. The summed E-state index contributed by atoms with van der Waals surface area (Å²) < 4.78 is 28.3. The zero-order chi connectivity index (χ0) is 17.2. The van der Waals surface area contributed by atoms with Crippen molar-refractivity contribution in [3.05, 3.63) is 10.1 Å². The first kappa shape index (κ1) is 20.9. The summed E-state index contributed by atoms with van der Waals surface area (Å²) in [6.07, 6.45) is 4.96. The molecule has 128 valence electrons. The van der Waals surface area contributed by atoms with E-state index in [1.807, 2.05) is 13.8 Å². The molecule has 1 unspecified atom stereocenters. The molecular weight excluding hydrogens is 324 g/mol. The third kappa shape index (κ3) is 7.26. The van der Waals surface area contributed by atoms with Crippen molar-refractivity contribution in [3.8, 4) is 0 Å². The van der Waals surface area contributed by atoms with E-state index < -0.39 is 10.0 Å². The van der Waals surface area contributed by atoms with Gasteiger partial charge in [-0.2, -0.15) is 13.5 Å². The Labute approximate surface area is 139 Å². The van der Waals surface area contributed by atoms with Gasteiger partial charge in [0.1, 0.15) is 6.34 Å². The second-order valence-electron chi connectivity index (χ2n) is 5.17. The molecule has 0 aromatic carbocycles. The summed E-state index contributed by atoms with van der Waals surface area (Å²) in [7, 11) is -2.16. The van der Waals surface area contributed by atoms with Gasteiger partial charge in [-0.1, -0.05) is 45.2 Å². The van der Waals surface area contributed by atoms with Crippen molar-refractivity contribution in [2.45, 2.75) is 46.5 Å². The third-order valence-electron chi connectivity index (χ3n) is 3.06. The molecule has 0 heterocycles. The van der Waals surface area contributed by atoms with Crippen LogP contribution in [0.15, 0.2) is 19.6 Å². The van der Waals surface area contributed by atoms with Crippen LogP contribution in [0.5, 0.6) is 0 Å². The highest BCUT2D eigenvalue weighted by molar-refractivity contribution is 7.94. The van der Waals surface area contributed by atoms with Gasteiger partial charge in [0, 0.05) is 20.3 Å². The third-order valence-corrected chi connectivity index (χ3v) is 4.93. The molecule has 0 fully saturated rings. The van der Waals surface area contributed by atoms with Gasteiger partial charge in [0.2, 0.25) is 0 Å². The van der Waals surface area contributed by atoms with Crippen LogP contribution in [0.25, 0.3) is 0 Å². The molecule has 1 atom stereocenters. The van der Waals surface area contributed by atoms with Crippen molar-refractivity contribution >= 4 is 34.7 Å². The lowest BCUT2D eigenvalue weighted by molar-refractivity contribution is 0.497. The number of nitrogens with zero attached hydrogens (tertiary/aromatic N) is 3. The van der Waals surface area contributed by atoms with Crippen molar-refractivity contribution in [1.29, 1.82) is 0 Å². The molecule has 0 aromatic rings. The fraction of sp³-hybridized carbons (Fsp3) is 0.714. The SMILES string of the molecule is C=NN/C(=C(/Cl)C(C)CCC)S(=O)(=O)N=CN(C)CCCC. The van der Waals surface area contributed by atoms with Gasteiger partial charge < -0.3 is 4.90 Å². The molecule has 6 nitrogen and oxygen atoms in total. The molecule has 22 heavy (non-hydrogen) atoms. The van der Waals surface area contributed by atoms with Crippen LogP contribution in [0, 0.1) is 5.92 Å². The van der Waals surface area contributed by atoms with E-state index in [2.05, 4.69) is 28.6 Å². The molecule has 0 saturated carbocycles. The molecule has 1 N–H and O–H groups in total. The number of halogens is 1. The Balaban J connectivity index is 5.34. The lowest BCUT2D eigenvalue weighted by Crippen LogP contribution is -2.21. The van der Waals surface area contributed by atoms with Crippen LogP contribution < -0.4 is 5.43 Å². The number of allylic oxidation sites excluding steroid dienone is 1. The maximum Gasteiger partial charge on any atom is 0.301 e. The number of nitrogens with one attached hydrogen (secondary N) is 1. The zero-order valence-corrected chi connectivity index (χ0v) is 15.4. The maximum absolute atomic E-state index is 12.3. The second-order valence-corrected chi connectivity index (χ2v) is 7.14. The van der Waals surface area contributed by atoms with Crippen LogP contribution in [-0.4, -0.2) is 40.0 Å². The van der Waals surface area contributed by atoms with Gasteiger partial charge in [-0.25, -0.2) is 0 Å². The van der Waals surface area contributed by atoms with E-state index in [0.717, 1.165) is 32.2 Å². The van der Waals surface area contributed by atoms with Gasteiger partial charge in [0.05, 0.1) is 5.03 Å². The van der Waals surface area contributed by atoms with Crippen molar-refractivity contribution in [3.63, 3.8) is 0 Å². The standard InChI is InChI=1S/C14H27ClN4O2S/c1-6-8-10-19(5)11-17-22(20,21)14(18-16-4)13(15)12(3)9-7-2/h11-12,18H,4,6-10H2,1-3,5H3/b14-13-,17-11?. The Kier molecular flexibility index (Phi) is 10.1. The van der Waals surface area contributed by atoms with Gasteiger partial charge >= 0.3 is 10.0 Å². The maximum atomic E-state index is 12.3. The minimum atomic E-state index is -3.94. The first-order valence-electron chi connectivity index (χ1n) is 7.42. The number of unbranched alkanes of at least 4 members (excludes halogenated alkanes) is 1. The fourth-order valence-electron chi connectivity index (χ4n) is 1.75. The van der Waals surface area contributed by atoms with Crippen LogP contribution >= 0.6 is 11.6 Å². The molecule has 0 spiro atoms. The van der Waals surface area contributed by atoms with E-state index >= 15 is 0 Å². The summed E-state index contributed by atoms with van der Waals surface area (Å²) in [5, 5.41) is 3.43. The van der Waals surface area contributed by atoms with Gasteiger partial charge in [0.25, 0.3) is 0 Å². The number of hydrazone groups is 1. The second kappa shape index (κ2) is 10.6. The van der Waals surface area contributed by atoms with E-state index in [4.69, 9.17) is 11.6 Å². The first-order valence-corrected chi connectivity index (χ1v) is 9.24. The van der Waals surface area contributed by atoms with Crippen LogP contribution in [0.1, 0.15) is 46.5 Å². The molecule has 0 radical (unpaired) electrons. The van der Waals surface area contributed by atoms with Gasteiger partial charge in [-0.15, -0.1) is 4.40 Å². The molecule has 0 amide bonds. The molecule has 0 saturated heterocycles. The average Bonchev–Trinajstić information content (AvgIpc) is 2.48. The number of hydrogen-bond donors (Lipinski definition) is 1. The molecule has 0 aliphatic heterocycles. The topological polar surface area (TPSA) is 74.1 Å². The van der Waals surface area contributed by atoms with Gasteiger partial charge in [0.15, 0.2) is 5.03 Å². The largest absolute Gasteiger partial charge is 0.365 e. The predicted octanol–water partition coefficient (Wildman–Crippen LogP) is 3.13. The van der Waals surface area contributed by atoms with Crippen molar-refractivity contribution in [1.82, 2.24) is 10.3 Å². The fourth-order valence-corrected chi connectivity index (χ4v) is 3.21. The van der Waals surface area contributed by atoms with Gasteiger partial charge in [-0.05, 0) is 18.8 Å². The Morgan fingerprint density at radius 2 is 2.05 bits per heavy atom. The smallest absolute Gasteiger partial charge is 0.301 e. The Bertz CT molecular complexity index is 503. The lowest BCUT2D eigenvalue weighted by atomic mass is 10.1. The number of hydrogen-bond acceptors (Lipinski definition) is 4. The quantitative estimate of drug-likeness (QED) is 0.353. The average molecular weight is 351 g/mol. The van der Waals surface area contributed by atoms with E-state index in [1.165, 1.54) is 6.34 Å². The molecule has 0 rings (SSSR count). The minimum absolute atomic E-state index is 0.0984. The lowest BCUT2D eigenvalue weighted by Gasteiger charge is -2.15. The number of sulfonamides is 1. The summed E-state index contributed by atoms with van der Waals surface area (Å²) in [6, 6.07) is 0.